The minimum atomic E-state index is -0.0118. The van der Waals surface area contributed by atoms with Gasteiger partial charge >= 0.3 is 0 Å². The molecule has 5 fully saturated rings. The van der Waals surface area contributed by atoms with Crippen LogP contribution in [0.15, 0.2) is 0 Å². The number of rotatable bonds is 3. The Morgan fingerprint density at radius 2 is 1.48 bits per heavy atom. The lowest BCUT2D eigenvalue weighted by molar-refractivity contribution is -0.158. The molecule has 6 rings (SSSR count). The highest BCUT2D eigenvalue weighted by Crippen LogP contribution is 2.60. The second-order valence-corrected chi connectivity index (χ2v) is 10.7. The fraction of sp³-hybridized carbons (Fsp3) is 0.792. The average molecular weight is 397 g/mol. The fourth-order valence-corrected chi connectivity index (χ4v) is 7.45. The second-order valence-electron chi connectivity index (χ2n) is 10.7. The summed E-state index contributed by atoms with van der Waals surface area (Å²) in [5.41, 5.74) is 2.34. The van der Waals surface area contributed by atoms with Gasteiger partial charge in [-0.2, -0.15) is 0 Å². The van der Waals surface area contributed by atoms with Crippen molar-refractivity contribution < 1.29 is 4.79 Å². The Bertz CT molecular complexity index is 774. The quantitative estimate of drug-likeness (QED) is 0.772. The summed E-state index contributed by atoms with van der Waals surface area (Å²) in [6, 6.07) is 0. The van der Waals surface area contributed by atoms with Crippen molar-refractivity contribution >= 4 is 11.7 Å². The van der Waals surface area contributed by atoms with Gasteiger partial charge in [-0.05, 0) is 76.0 Å². The molecule has 1 aliphatic heterocycles. The number of carbonyl (C=O) groups excluding carboxylic acids is 1. The molecule has 4 saturated carbocycles. The van der Waals surface area contributed by atoms with Gasteiger partial charge in [-0.3, -0.25) is 4.79 Å². The van der Waals surface area contributed by atoms with Gasteiger partial charge in [0.05, 0.1) is 5.41 Å². The first-order valence-corrected chi connectivity index (χ1v) is 11.7. The van der Waals surface area contributed by atoms with Crippen LogP contribution in [0.25, 0.3) is 0 Å². The van der Waals surface area contributed by atoms with Crippen molar-refractivity contribution in [1.29, 1.82) is 0 Å². The summed E-state index contributed by atoms with van der Waals surface area (Å²) in [7, 11) is 0. The van der Waals surface area contributed by atoms with E-state index in [1.54, 1.807) is 0 Å². The maximum atomic E-state index is 13.7. The number of nitrogens with zero attached hydrogens (tertiary/aromatic N) is 4. The van der Waals surface area contributed by atoms with E-state index in [-0.39, 0.29) is 5.41 Å². The van der Waals surface area contributed by atoms with Crippen LogP contribution >= 0.6 is 0 Å². The zero-order valence-electron chi connectivity index (χ0n) is 18.6. The molecule has 5 heteroatoms. The first-order chi connectivity index (χ1) is 13.8. The highest BCUT2D eigenvalue weighted by Gasteiger charge is 2.55. The van der Waals surface area contributed by atoms with Gasteiger partial charge in [-0.1, -0.05) is 13.8 Å². The molecule has 1 aromatic heterocycles. The summed E-state index contributed by atoms with van der Waals surface area (Å²) in [6.45, 7) is 11.9. The first kappa shape index (κ1) is 19.3. The number of anilines is 1. The molecule has 0 N–H and O–H groups in total. The number of amides is 1. The molecule has 2 heterocycles. The molecule has 0 radical (unpaired) electrons. The van der Waals surface area contributed by atoms with Crippen LogP contribution in [0.2, 0.25) is 0 Å². The van der Waals surface area contributed by atoms with Gasteiger partial charge in [0.1, 0.15) is 11.6 Å². The summed E-state index contributed by atoms with van der Waals surface area (Å²) >= 11 is 0. The zero-order valence-corrected chi connectivity index (χ0v) is 18.6. The molecule has 1 amide bonds. The molecule has 5 nitrogen and oxygen atoms in total. The van der Waals surface area contributed by atoms with Crippen molar-refractivity contribution in [2.24, 2.45) is 23.2 Å². The van der Waals surface area contributed by atoms with Crippen molar-refractivity contribution in [1.82, 2.24) is 14.9 Å². The number of piperazine rings is 1. The number of aryl methyl sites for hydroxylation is 2. The predicted octanol–water partition coefficient (Wildman–Crippen LogP) is 4.08. The Kier molecular flexibility index (Phi) is 4.63. The molecule has 4 aliphatic carbocycles. The Morgan fingerprint density at radius 3 is 2.00 bits per heavy atom. The van der Waals surface area contributed by atoms with E-state index in [2.05, 4.69) is 35.6 Å². The molecule has 1 aromatic rings. The zero-order chi connectivity index (χ0) is 20.3. The molecular weight excluding hydrogens is 360 g/mol. The van der Waals surface area contributed by atoms with Crippen LogP contribution in [0, 0.1) is 37.0 Å². The average Bonchev–Trinajstić information content (AvgIpc) is 2.65. The third kappa shape index (κ3) is 3.25. The molecule has 29 heavy (non-hydrogen) atoms. The van der Waals surface area contributed by atoms with Crippen molar-refractivity contribution in [3.8, 4) is 0 Å². The second kappa shape index (κ2) is 6.95. The van der Waals surface area contributed by atoms with Crippen molar-refractivity contribution in [3.05, 3.63) is 17.1 Å². The molecule has 5 aliphatic rings. The van der Waals surface area contributed by atoms with Gasteiger partial charge in [0, 0.05) is 37.4 Å². The van der Waals surface area contributed by atoms with Crippen LogP contribution in [0.5, 0.6) is 0 Å². The molecule has 0 atom stereocenters. The number of hydrogen-bond donors (Lipinski definition) is 0. The molecule has 4 bridgehead atoms. The SMILES string of the molecule is Cc1nc(C)c(C(C)C)c(N2CCN(C(=O)C34CC5CC(CC(C5)C3)C4)CC2)n1. The van der Waals surface area contributed by atoms with E-state index in [0.29, 0.717) is 11.8 Å². The van der Waals surface area contributed by atoms with Gasteiger partial charge in [-0.15, -0.1) is 0 Å². The van der Waals surface area contributed by atoms with Crippen molar-refractivity contribution in [2.45, 2.75) is 72.1 Å². The largest absolute Gasteiger partial charge is 0.353 e. The fourth-order valence-electron chi connectivity index (χ4n) is 7.45. The molecule has 158 valence electrons. The topological polar surface area (TPSA) is 49.3 Å². The molecule has 0 spiro atoms. The minimum absolute atomic E-state index is 0.0118. The molecule has 0 unspecified atom stereocenters. The maximum Gasteiger partial charge on any atom is 0.228 e. The molecule has 0 aromatic carbocycles. The van der Waals surface area contributed by atoms with Crippen molar-refractivity contribution in [3.63, 3.8) is 0 Å². The van der Waals surface area contributed by atoms with Crippen LogP contribution in [-0.2, 0) is 4.79 Å². The van der Waals surface area contributed by atoms with Gasteiger partial charge < -0.3 is 9.80 Å². The van der Waals surface area contributed by atoms with Crippen LogP contribution in [0.3, 0.4) is 0 Å². The lowest BCUT2D eigenvalue weighted by Gasteiger charge is -2.57. The number of carbonyl (C=O) groups is 1. The Labute approximate surface area is 175 Å². The van der Waals surface area contributed by atoms with E-state index in [9.17, 15) is 4.79 Å². The Morgan fingerprint density at radius 1 is 0.931 bits per heavy atom. The number of hydrogen-bond acceptors (Lipinski definition) is 4. The molecule has 1 saturated heterocycles. The summed E-state index contributed by atoms with van der Waals surface area (Å²) < 4.78 is 0. The minimum Gasteiger partial charge on any atom is -0.353 e. The van der Waals surface area contributed by atoms with Crippen LogP contribution in [0.4, 0.5) is 5.82 Å². The van der Waals surface area contributed by atoms with Crippen LogP contribution in [0.1, 0.15) is 75.4 Å². The highest BCUT2D eigenvalue weighted by molar-refractivity contribution is 5.83. The predicted molar refractivity (Wildman–Crippen MR) is 115 cm³/mol. The van der Waals surface area contributed by atoms with Crippen LogP contribution in [-0.4, -0.2) is 47.0 Å². The van der Waals surface area contributed by atoms with E-state index in [0.717, 1.165) is 61.3 Å². The standard InChI is InChI=1S/C24H36N4O/c1-15(2)21-16(3)25-17(4)26-22(21)27-5-7-28(8-6-27)23(29)24-12-18-9-19(13-24)11-20(10-18)14-24/h15,18-20H,5-14H2,1-4H3. The lowest BCUT2D eigenvalue weighted by atomic mass is 9.49. The monoisotopic (exact) mass is 396 g/mol. The number of aromatic nitrogens is 2. The Balaban J connectivity index is 1.31. The van der Waals surface area contributed by atoms with E-state index in [4.69, 9.17) is 4.98 Å². The van der Waals surface area contributed by atoms with Gasteiger partial charge in [0.2, 0.25) is 5.91 Å². The first-order valence-electron chi connectivity index (χ1n) is 11.7. The third-order valence-electron chi connectivity index (χ3n) is 8.16. The summed E-state index contributed by atoms with van der Waals surface area (Å²) in [5, 5.41) is 0. The van der Waals surface area contributed by atoms with E-state index in [1.165, 1.54) is 44.1 Å². The molecular formula is C24H36N4O. The Hall–Kier alpha value is -1.65. The van der Waals surface area contributed by atoms with E-state index in [1.807, 2.05) is 6.92 Å². The highest BCUT2D eigenvalue weighted by atomic mass is 16.2. The maximum absolute atomic E-state index is 13.7. The van der Waals surface area contributed by atoms with E-state index < -0.39 is 0 Å². The summed E-state index contributed by atoms with van der Waals surface area (Å²) in [4.78, 5) is 27.7. The summed E-state index contributed by atoms with van der Waals surface area (Å²) in [5.74, 6) is 5.29. The van der Waals surface area contributed by atoms with Gasteiger partial charge in [-0.25, -0.2) is 9.97 Å². The van der Waals surface area contributed by atoms with Crippen molar-refractivity contribution in [2.75, 3.05) is 31.1 Å². The van der Waals surface area contributed by atoms with Gasteiger partial charge in [0.25, 0.3) is 0 Å². The third-order valence-corrected chi connectivity index (χ3v) is 8.16. The smallest absolute Gasteiger partial charge is 0.228 e. The normalized spacial score (nSPS) is 33.6. The lowest BCUT2D eigenvalue weighted by Crippen LogP contribution is -2.58. The summed E-state index contributed by atoms with van der Waals surface area (Å²) in [6.07, 6.45) is 7.68. The van der Waals surface area contributed by atoms with Crippen LogP contribution < -0.4 is 4.90 Å². The van der Waals surface area contributed by atoms with E-state index >= 15 is 0 Å². The van der Waals surface area contributed by atoms with Gasteiger partial charge in [0.15, 0.2) is 0 Å².